The van der Waals surface area contributed by atoms with E-state index >= 15 is 0 Å². The average molecular weight is 819 g/mol. The number of amides is 1. The Morgan fingerprint density at radius 3 is 2.31 bits per heavy atom. The average Bonchev–Trinajstić information content (AvgIpc) is 3.44. The number of fused-ring (bicyclic) bond motifs is 6. The molecule has 0 saturated heterocycles. The van der Waals surface area contributed by atoms with Crippen molar-refractivity contribution in [2.45, 2.75) is 92.3 Å². The number of esters is 1. The number of phenolic OH excluding ortho intramolecular Hbond substituents is 1. The van der Waals surface area contributed by atoms with Gasteiger partial charge in [-0.3, -0.25) is 19.2 Å². The zero-order chi connectivity index (χ0) is 43.8. The lowest BCUT2D eigenvalue weighted by molar-refractivity contribution is -0.160. The number of halogens is 1. The normalized spacial score (nSPS) is 18.4. The van der Waals surface area contributed by atoms with Gasteiger partial charge in [-0.1, -0.05) is 45.9 Å². The topological polar surface area (TPSA) is 215 Å². The molecule has 5 rings (SSSR count). The van der Waals surface area contributed by atoms with Crippen LogP contribution in [0, 0.1) is 36.4 Å². The number of ether oxygens (including phenoxy) is 3. The molecule has 0 radical (unpaired) electrons. The number of carbonyl (C=O) groups is 3. The van der Waals surface area contributed by atoms with Crippen molar-refractivity contribution in [2.24, 2.45) is 23.7 Å². The molecular formula is C44H51FN2O12. The minimum absolute atomic E-state index is 0.0206. The van der Waals surface area contributed by atoms with Gasteiger partial charge < -0.3 is 44.4 Å². The van der Waals surface area contributed by atoms with Gasteiger partial charge in [-0.2, -0.15) is 0 Å². The Kier molecular flexibility index (Phi) is 13.0. The Morgan fingerprint density at radius 2 is 1.68 bits per heavy atom. The SMILES string of the molecule is CO[C@@H](/C=C/O)[C@@H](C)[C@@H](OC(C)=O)[C@H](C)[C@H](O)[C@H](C)[C@@H](O)[C@@H](C)/C=C/C=C(/C)C(=O)Nc1c2oc3cc(F)ccc3nc-2c2c3c(c(C)c(O)c2c1=O)OC(C)(C)C3=O. The van der Waals surface area contributed by atoms with Gasteiger partial charge >= 0.3 is 5.97 Å². The highest BCUT2D eigenvalue weighted by Crippen LogP contribution is 2.50. The Hall–Kier alpha value is -5.64. The van der Waals surface area contributed by atoms with E-state index in [2.05, 4.69) is 10.3 Å². The first-order valence-electron chi connectivity index (χ1n) is 19.2. The van der Waals surface area contributed by atoms with Crippen molar-refractivity contribution >= 4 is 45.2 Å². The smallest absolute Gasteiger partial charge is 0.302 e. The zero-order valence-electron chi connectivity index (χ0n) is 34.6. The number of nitrogens with one attached hydrogen (secondary N) is 1. The van der Waals surface area contributed by atoms with E-state index in [1.54, 1.807) is 47.6 Å². The molecule has 59 heavy (non-hydrogen) atoms. The fraction of sp³-hybridized carbons (Fsp3) is 0.432. The number of ketones is 1. The summed E-state index contributed by atoms with van der Waals surface area (Å²) in [5.74, 6) is -5.47. The number of aromatic nitrogens is 1. The van der Waals surface area contributed by atoms with Crippen LogP contribution in [0.2, 0.25) is 0 Å². The van der Waals surface area contributed by atoms with Crippen molar-refractivity contribution in [3.8, 4) is 23.0 Å². The molecule has 0 fully saturated rings. The molecule has 1 aliphatic carbocycles. The number of benzene rings is 3. The van der Waals surface area contributed by atoms with Crippen LogP contribution in [0.5, 0.6) is 11.5 Å². The predicted molar refractivity (Wildman–Crippen MR) is 218 cm³/mol. The molecule has 1 amide bonds. The van der Waals surface area contributed by atoms with Crippen molar-refractivity contribution < 1.29 is 57.8 Å². The molecule has 2 aliphatic heterocycles. The molecule has 15 heteroatoms. The number of anilines is 1. The van der Waals surface area contributed by atoms with Crippen molar-refractivity contribution in [2.75, 3.05) is 12.4 Å². The van der Waals surface area contributed by atoms with Gasteiger partial charge in [-0.25, -0.2) is 9.37 Å². The number of methoxy groups -OCH3 is 1. The lowest BCUT2D eigenvalue weighted by atomic mass is 9.78. The summed E-state index contributed by atoms with van der Waals surface area (Å²) in [7, 11) is 1.44. The van der Waals surface area contributed by atoms with Gasteiger partial charge in [0.2, 0.25) is 11.2 Å². The molecule has 2 aromatic rings. The van der Waals surface area contributed by atoms with E-state index in [9.17, 15) is 44.0 Å². The second-order valence-electron chi connectivity index (χ2n) is 15.8. The van der Waals surface area contributed by atoms with Crippen LogP contribution in [0.25, 0.3) is 33.3 Å². The number of allylic oxidation sites excluding steroid dienone is 2. The van der Waals surface area contributed by atoms with Gasteiger partial charge in [0.05, 0.1) is 35.5 Å². The number of carbonyl (C=O) groups excluding carboxylic acids is 3. The Bertz CT molecular complexity index is 2420. The van der Waals surface area contributed by atoms with E-state index < -0.39 is 94.0 Å². The highest BCUT2D eigenvalue weighted by atomic mass is 19.1. The molecular weight excluding hydrogens is 767 g/mol. The Labute approximate surface area is 340 Å². The summed E-state index contributed by atoms with van der Waals surface area (Å²) in [5.41, 5.74) is -2.25. The van der Waals surface area contributed by atoms with E-state index in [0.717, 1.165) is 18.4 Å². The molecule has 2 aromatic carbocycles. The highest BCUT2D eigenvalue weighted by molar-refractivity contribution is 6.22. The standard InChI is InChI=1S/C44H51FN2O12/c1-19(35(50)22(4)36(51)23(5)39(57-25(7)49)21(3)28(56-10)16-17-48)12-11-13-20(2)43(55)47-34-38(53)31-30(32-40(24(6)37(31)52)59-44(8,9)42(32)54)33-41(34)58-29-18-26(45)14-15-27(29)46-33/h11-19,21-23,28,35-36,39,48,50-52H,1-10H3,(H,47,55)/b12-11+,17-16+,20-13-/t19-,21+,22+,23+,28-,35-,36+,39+/m0/s1. The summed E-state index contributed by atoms with van der Waals surface area (Å²) in [6.07, 6.45) is 3.15. The Morgan fingerprint density at radius 1 is 1.00 bits per heavy atom. The summed E-state index contributed by atoms with van der Waals surface area (Å²) in [4.78, 5) is 58.3. The molecule has 0 spiro atoms. The second kappa shape index (κ2) is 17.3. The van der Waals surface area contributed by atoms with Crippen molar-refractivity contribution in [3.63, 3.8) is 0 Å². The molecule has 3 aliphatic rings. The number of aliphatic hydroxyl groups excluding tert-OH is 3. The number of aliphatic hydroxyl groups is 3. The molecule has 316 valence electrons. The lowest BCUT2D eigenvalue weighted by Crippen LogP contribution is -2.46. The monoisotopic (exact) mass is 818 g/mol. The molecule has 0 unspecified atom stereocenters. The van der Waals surface area contributed by atoms with Crippen molar-refractivity contribution in [1.82, 2.24) is 4.98 Å². The van der Waals surface area contributed by atoms with E-state index in [4.69, 9.17) is 18.6 Å². The fourth-order valence-electron chi connectivity index (χ4n) is 7.67. The second-order valence-corrected chi connectivity index (χ2v) is 15.8. The molecule has 0 aromatic heterocycles. The number of rotatable bonds is 14. The van der Waals surface area contributed by atoms with Crippen LogP contribution in [0.15, 0.2) is 63.6 Å². The van der Waals surface area contributed by atoms with Crippen LogP contribution in [-0.4, -0.2) is 80.2 Å². The minimum atomic E-state index is -1.33. The molecule has 0 saturated carbocycles. The Balaban J connectivity index is 1.44. The first-order chi connectivity index (χ1) is 27.7. The number of phenols is 1. The third-order valence-corrected chi connectivity index (χ3v) is 11.2. The lowest BCUT2D eigenvalue weighted by Gasteiger charge is -2.37. The number of hydrogen-bond donors (Lipinski definition) is 5. The van der Waals surface area contributed by atoms with Crippen molar-refractivity contribution in [3.05, 3.63) is 81.5 Å². The van der Waals surface area contributed by atoms with Crippen LogP contribution in [-0.2, 0) is 19.1 Å². The van der Waals surface area contributed by atoms with Gasteiger partial charge in [0.1, 0.15) is 40.3 Å². The number of Topliss-reactive ketones (excluding diaryl/α,β-unsaturated/α-hetero) is 1. The summed E-state index contributed by atoms with van der Waals surface area (Å²) in [6, 6.07) is 3.58. The van der Waals surface area contributed by atoms with Crippen molar-refractivity contribution in [1.29, 1.82) is 0 Å². The van der Waals surface area contributed by atoms with Crippen LogP contribution in [0.3, 0.4) is 0 Å². The van der Waals surface area contributed by atoms with Gasteiger partial charge in [0.15, 0.2) is 16.9 Å². The zero-order valence-corrected chi connectivity index (χ0v) is 34.6. The molecule has 2 heterocycles. The predicted octanol–water partition coefficient (Wildman–Crippen LogP) is 6.68. The summed E-state index contributed by atoms with van der Waals surface area (Å²) in [5, 5.41) is 45.6. The number of aromatic hydroxyl groups is 1. The van der Waals surface area contributed by atoms with E-state index in [-0.39, 0.29) is 55.8 Å². The van der Waals surface area contributed by atoms with Gasteiger partial charge in [-0.15, -0.1) is 0 Å². The van der Waals surface area contributed by atoms with Gasteiger partial charge in [0, 0.05) is 60.3 Å². The minimum Gasteiger partial charge on any atom is -0.516 e. The van der Waals surface area contributed by atoms with Crippen LogP contribution in [0.4, 0.5) is 10.1 Å². The highest BCUT2D eigenvalue weighted by Gasteiger charge is 2.45. The number of hydrogen-bond acceptors (Lipinski definition) is 13. The van der Waals surface area contributed by atoms with Gasteiger partial charge in [-0.05, 0) is 45.9 Å². The quantitative estimate of drug-likeness (QED) is 0.0225. The molecule has 0 bridgehead atoms. The maximum Gasteiger partial charge on any atom is 0.302 e. The summed E-state index contributed by atoms with van der Waals surface area (Å²) in [6.45, 7) is 14.2. The number of nitrogens with zero attached hydrogens (tertiary/aromatic N) is 1. The first kappa shape index (κ1) is 44.5. The maximum atomic E-state index is 14.3. The summed E-state index contributed by atoms with van der Waals surface area (Å²) < 4.78 is 37.3. The van der Waals surface area contributed by atoms with E-state index in [1.807, 2.05) is 0 Å². The molecule has 5 N–H and O–H groups in total. The fourth-order valence-corrected chi connectivity index (χ4v) is 7.67. The van der Waals surface area contributed by atoms with Gasteiger partial charge in [0.25, 0.3) is 5.91 Å². The largest absolute Gasteiger partial charge is 0.516 e. The third-order valence-electron chi connectivity index (χ3n) is 11.2. The van der Waals surface area contributed by atoms with E-state index in [1.165, 1.54) is 52.2 Å². The third kappa shape index (κ3) is 8.45. The van der Waals surface area contributed by atoms with Crippen LogP contribution in [0.1, 0.15) is 71.3 Å². The van der Waals surface area contributed by atoms with E-state index in [0.29, 0.717) is 0 Å². The first-order valence-corrected chi connectivity index (χ1v) is 19.2. The van der Waals surface area contributed by atoms with Crippen LogP contribution >= 0.6 is 0 Å². The molecule has 14 nitrogen and oxygen atoms in total. The molecule has 8 atom stereocenters. The summed E-state index contributed by atoms with van der Waals surface area (Å²) >= 11 is 0. The maximum absolute atomic E-state index is 14.3. The van der Waals surface area contributed by atoms with Crippen LogP contribution < -0.4 is 15.5 Å².